The first-order valence-corrected chi connectivity index (χ1v) is 8.83. The van der Waals surface area contributed by atoms with E-state index in [1.807, 2.05) is 0 Å². The highest BCUT2D eigenvalue weighted by molar-refractivity contribution is 7.90. The third kappa shape index (κ3) is 5.85. The first kappa shape index (κ1) is 17.7. The summed E-state index contributed by atoms with van der Waals surface area (Å²) in [6, 6.07) is 6.07. The van der Waals surface area contributed by atoms with Gasteiger partial charge >= 0.3 is 0 Å². The van der Waals surface area contributed by atoms with E-state index in [4.69, 9.17) is 5.73 Å². The third-order valence-corrected chi connectivity index (χ3v) is 4.42. The topological polar surface area (TPSA) is 89.3 Å². The standard InChI is InChI=1S/C15H24N2O3S/c1-15(2,8-5-9-16)11-17-14(18)12-6-4-7-13(10-12)21(3,19)20/h4,6-7,10H,5,8-9,11,16H2,1-3H3,(H,17,18). The van der Waals surface area contributed by atoms with Crippen LogP contribution in [0.3, 0.4) is 0 Å². The lowest BCUT2D eigenvalue weighted by molar-refractivity contribution is 0.0934. The summed E-state index contributed by atoms with van der Waals surface area (Å²) in [6.45, 7) is 5.29. The van der Waals surface area contributed by atoms with Crippen LogP contribution in [0.2, 0.25) is 0 Å². The minimum absolute atomic E-state index is 0.0382. The third-order valence-electron chi connectivity index (χ3n) is 3.31. The molecule has 0 aliphatic rings. The van der Waals surface area contributed by atoms with E-state index in [2.05, 4.69) is 19.2 Å². The lowest BCUT2D eigenvalue weighted by Crippen LogP contribution is -2.34. The second kappa shape index (κ2) is 7.04. The summed E-state index contributed by atoms with van der Waals surface area (Å²) >= 11 is 0. The van der Waals surface area contributed by atoms with Crippen molar-refractivity contribution in [1.29, 1.82) is 0 Å². The molecule has 1 aromatic rings. The molecule has 1 aromatic carbocycles. The lowest BCUT2D eigenvalue weighted by Gasteiger charge is -2.24. The number of nitrogens with two attached hydrogens (primary N) is 1. The molecule has 1 rings (SSSR count). The highest BCUT2D eigenvalue weighted by Gasteiger charge is 2.19. The van der Waals surface area contributed by atoms with Gasteiger partial charge in [0.15, 0.2) is 9.84 Å². The predicted molar refractivity (Wildman–Crippen MR) is 84.0 cm³/mol. The Morgan fingerprint density at radius 1 is 1.33 bits per heavy atom. The molecule has 0 unspecified atom stereocenters. The van der Waals surface area contributed by atoms with Gasteiger partial charge in [-0.15, -0.1) is 0 Å². The van der Waals surface area contributed by atoms with Crippen LogP contribution in [0.5, 0.6) is 0 Å². The maximum Gasteiger partial charge on any atom is 0.251 e. The summed E-state index contributed by atoms with van der Waals surface area (Å²) in [5.74, 6) is -0.263. The monoisotopic (exact) mass is 312 g/mol. The zero-order chi connectivity index (χ0) is 16.1. The van der Waals surface area contributed by atoms with E-state index in [-0.39, 0.29) is 16.2 Å². The molecule has 3 N–H and O–H groups in total. The number of hydrogen-bond acceptors (Lipinski definition) is 4. The molecule has 0 bridgehead atoms. The fourth-order valence-corrected chi connectivity index (χ4v) is 2.63. The lowest BCUT2D eigenvalue weighted by atomic mass is 9.87. The second-order valence-electron chi connectivity index (χ2n) is 6.04. The van der Waals surface area contributed by atoms with Gasteiger partial charge in [-0.25, -0.2) is 8.42 Å². The van der Waals surface area contributed by atoms with Crippen molar-refractivity contribution in [2.75, 3.05) is 19.3 Å². The molecule has 1 amide bonds. The summed E-state index contributed by atoms with van der Waals surface area (Å²) in [7, 11) is -3.31. The van der Waals surface area contributed by atoms with E-state index < -0.39 is 9.84 Å². The number of sulfone groups is 1. The largest absolute Gasteiger partial charge is 0.352 e. The Hall–Kier alpha value is -1.40. The molecular formula is C15H24N2O3S. The zero-order valence-electron chi connectivity index (χ0n) is 12.8. The Labute approximate surface area is 126 Å². The van der Waals surface area contributed by atoms with E-state index in [1.54, 1.807) is 12.1 Å². The molecule has 0 radical (unpaired) electrons. The molecule has 21 heavy (non-hydrogen) atoms. The molecule has 0 saturated heterocycles. The molecule has 0 fully saturated rings. The van der Waals surface area contributed by atoms with Crippen LogP contribution in [-0.4, -0.2) is 33.7 Å². The predicted octanol–water partition coefficient (Wildman–Crippen LogP) is 1.58. The molecule has 0 saturated carbocycles. The van der Waals surface area contributed by atoms with Crippen molar-refractivity contribution in [3.63, 3.8) is 0 Å². The molecule has 0 atom stereocenters. The van der Waals surface area contributed by atoms with Crippen molar-refractivity contribution in [1.82, 2.24) is 5.32 Å². The van der Waals surface area contributed by atoms with Gasteiger partial charge in [-0.05, 0) is 43.0 Å². The van der Waals surface area contributed by atoms with Crippen molar-refractivity contribution in [3.8, 4) is 0 Å². The van der Waals surface area contributed by atoms with Gasteiger partial charge in [-0.1, -0.05) is 19.9 Å². The van der Waals surface area contributed by atoms with Gasteiger partial charge in [0.05, 0.1) is 4.90 Å². The smallest absolute Gasteiger partial charge is 0.251 e. The highest BCUT2D eigenvalue weighted by atomic mass is 32.2. The van der Waals surface area contributed by atoms with Crippen LogP contribution in [-0.2, 0) is 9.84 Å². The van der Waals surface area contributed by atoms with E-state index in [1.165, 1.54) is 12.1 Å². The molecule has 0 aromatic heterocycles. The fraction of sp³-hybridized carbons (Fsp3) is 0.533. The van der Waals surface area contributed by atoms with Crippen LogP contribution in [0.1, 0.15) is 37.0 Å². The number of hydrogen-bond donors (Lipinski definition) is 2. The average molecular weight is 312 g/mol. The first-order valence-electron chi connectivity index (χ1n) is 6.94. The molecule has 0 heterocycles. The van der Waals surface area contributed by atoms with Crippen LogP contribution in [0.15, 0.2) is 29.2 Å². The summed E-state index contributed by atoms with van der Waals surface area (Å²) in [5, 5.41) is 2.85. The minimum atomic E-state index is -3.31. The van der Waals surface area contributed by atoms with Gasteiger partial charge < -0.3 is 11.1 Å². The number of amides is 1. The summed E-state index contributed by atoms with van der Waals surface area (Å²) in [5.41, 5.74) is 5.81. The number of carbonyl (C=O) groups excluding carboxylic acids is 1. The second-order valence-corrected chi connectivity index (χ2v) is 8.05. The van der Waals surface area contributed by atoms with Crippen LogP contribution >= 0.6 is 0 Å². The van der Waals surface area contributed by atoms with Crippen molar-refractivity contribution in [2.45, 2.75) is 31.6 Å². The van der Waals surface area contributed by atoms with Crippen molar-refractivity contribution in [3.05, 3.63) is 29.8 Å². The van der Waals surface area contributed by atoms with Gasteiger partial charge in [0.2, 0.25) is 0 Å². The van der Waals surface area contributed by atoms with E-state index in [9.17, 15) is 13.2 Å². The van der Waals surface area contributed by atoms with Gasteiger partial charge in [0.1, 0.15) is 0 Å². The maximum absolute atomic E-state index is 12.1. The van der Waals surface area contributed by atoms with Crippen molar-refractivity contribution in [2.24, 2.45) is 11.1 Å². The maximum atomic E-state index is 12.1. The quantitative estimate of drug-likeness (QED) is 0.800. The van der Waals surface area contributed by atoms with Gasteiger partial charge in [0.25, 0.3) is 5.91 Å². The molecule has 0 aliphatic carbocycles. The minimum Gasteiger partial charge on any atom is -0.352 e. The van der Waals surface area contributed by atoms with Crippen LogP contribution < -0.4 is 11.1 Å². The zero-order valence-corrected chi connectivity index (χ0v) is 13.7. The van der Waals surface area contributed by atoms with Gasteiger partial charge in [-0.2, -0.15) is 0 Å². The van der Waals surface area contributed by atoms with Crippen molar-refractivity contribution >= 4 is 15.7 Å². The fourth-order valence-electron chi connectivity index (χ4n) is 1.96. The first-order chi connectivity index (χ1) is 9.65. The SMILES string of the molecule is CC(C)(CCCN)CNC(=O)c1cccc(S(C)(=O)=O)c1. The summed E-state index contributed by atoms with van der Waals surface area (Å²) < 4.78 is 23.0. The van der Waals surface area contributed by atoms with Crippen LogP contribution in [0, 0.1) is 5.41 Å². The van der Waals surface area contributed by atoms with E-state index in [0.29, 0.717) is 18.7 Å². The van der Waals surface area contributed by atoms with Crippen LogP contribution in [0.4, 0.5) is 0 Å². The summed E-state index contributed by atoms with van der Waals surface area (Å²) in [6.07, 6.45) is 2.96. The number of nitrogens with one attached hydrogen (secondary N) is 1. The Morgan fingerprint density at radius 2 is 2.00 bits per heavy atom. The average Bonchev–Trinajstić information content (AvgIpc) is 2.42. The van der Waals surface area contributed by atoms with E-state index >= 15 is 0 Å². The molecular weight excluding hydrogens is 288 g/mol. The molecule has 118 valence electrons. The Morgan fingerprint density at radius 3 is 2.57 bits per heavy atom. The number of carbonyl (C=O) groups is 1. The van der Waals surface area contributed by atoms with Crippen molar-refractivity contribution < 1.29 is 13.2 Å². The van der Waals surface area contributed by atoms with Gasteiger partial charge in [-0.3, -0.25) is 4.79 Å². The Balaban J connectivity index is 2.73. The normalized spacial score (nSPS) is 12.2. The highest BCUT2D eigenvalue weighted by Crippen LogP contribution is 2.21. The molecule has 5 nitrogen and oxygen atoms in total. The molecule has 0 aliphatic heterocycles. The molecule has 0 spiro atoms. The van der Waals surface area contributed by atoms with E-state index in [0.717, 1.165) is 19.1 Å². The number of benzene rings is 1. The Bertz CT molecular complexity index is 595. The van der Waals surface area contributed by atoms with Crippen LogP contribution in [0.25, 0.3) is 0 Å². The number of rotatable bonds is 7. The van der Waals surface area contributed by atoms with Gasteiger partial charge in [0, 0.05) is 18.4 Å². The molecule has 6 heteroatoms. The summed E-state index contributed by atoms with van der Waals surface area (Å²) in [4.78, 5) is 12.3. The Kier molecular flexibility index (Phi) is 5.92.